The van der Waals surface area contributed by atoms with Gasteiger partial charge in [-0.25, -0.2) is 4.98 Å². The van der Waals surface area contributed by atoms with Crippen LogP contribution in [0.5, 0.6) is 0 Å². The Labute approximate surface area is 132 Å². The van der Waals surface area contributed by atoms with Gasteiger partial charge in [0, 0.05) is 18.8 Å². The van der Waals surface area contributed by atoms with Crippen LogP contribution in [0.1, 0.15) is 31.3 Å². The molecule has 1 atom stereocenters. The number of alkyl halides is 1. The molecule has 0 radical (unpaired) electrons. The summed E-state index contributed by atoms with van der Waals surface area (Å²) in [7, 11) is 4.25. The lowest BCUT2D eigenvalue weighted by atomic mass is 10.0. The maximum atomic E-state index is 5.99. The largest absolute Gasteiger partial charge is 0.323 e. The van der Waals surface area contributed by atoms with Crippen LogP contribution >= 0.6 is 11.6 Å². The van der Waals surface area contributed by atoms with Gasteiger partial charge in [-0.3, -0.25) is 0 Å². The highest BCUT2D eigenvalue weighted by molar-refractivity contribution is 6.17. The Hall–Kier alpha value is -1.06. The lowest BCUT2D eigenvalue weighted by molar-refractivity contribution is 0.269. The summed E-state index contributed by atoms with van der Waals surface area (Å²) < 4.78 is 2.41. The van der Waals surface area contributed by atoms with Crippen molar-refractivity contribution in [2.24, 2.45) is 5.92 Å². The molecule has 0 aliphatic carbocycles. The Balaban J connectivity index is 2.61. The van der Waals surface area contributed by atoms with Crippen LogP contribution in [0.2, 0.25) is 0 Å². The molecule has 0 saturated heterocycles. The van der Waals surface area contributed by atoms with E-state index in [-0.39, 0.29) is 0 Å². The second-order valence-electron chi connectivity index (χ2n) is 6.40. The van der Waals surface area contributed by atoms with E-state index in [0.29, 0.717) is 17.8 Å². The number of fused-ring (bicyclic) bond motifs is 1. The third-order valence-corrected chi connectivity index (χ3v) is 4.08. The number of hydrogen-bond donors (Lipinski definition) is 0. The standard InChI is InChI=1S/C17H26ClN3/c1-12(2)16(11-20(4)5)21-15-10-13(3)6-7-14(15)19-17(21)8-9-18/h6-7,10,12,16H,8-9,11H2,1-5H3. The molecule has 0 bridgehead atoms. The maximum Gasteiger partial charge on any atom is 0.111 e. The van der Waals surface area contributed by atoms with Gasteiger partial charge < -0.3 is 9.47 Å². The molecule has 0 amide bonds. The molecule has 0 fully saturated rings. The van der Waals surface area contributed by atoms with E-state index in [0.717, 1.165) is 24.3 Å². The topological polar surface area (TPSA) is 21.1 Å². The van der Waals surface area contributed by atoms with Gasteiger partial charge in [0.25, 0.3) is 0 Å². The Bertz CT molecular complexity index is 601. The van der Waals surface area contributed by atoms with Crippen molar-refractivity contribution in [2.45, 2.75) is 33.2 Å². The lowest BCUT2D eigenvalue weighted by Crippen LogP contribution is -2.29. The van der Waals surface area contributed by atoms with Gasteiger partial charge in [-0.1, -0.05) is 19.9 Å². The van der Waals surface area contributed by atoms with Crippen molar-refractivity contribution >= 4 is 22.6 Å². The first-order chi connectivity index (χ1) is 9.93. The molecule has 4 heteroatoms. The van der Waals surface area contributed by atoms with Gasteiger partial charge in [-0.15, -0.1) is 11.6 Å². The van der Waals surface area contributed by atoms with E-state index in [2.05, 4.69) is 62.5 Å². The molecular weight excluding hydrogens is 282 g/mol. The van der Waals surface area contributed by atoms with Crippen LogP contribution in [0, 0.1) is 12.8 Å². The summed E-state index contributed by atoms with van der Waals surface area (Å²) in [5.74, 6) is 2.25. The number of likely N-dealkylation sites (N-methyl/N-ethyl adjacent to an activating group) is 1. The van der Waals surface area contributed by atoms with Crippen LogP contribution in [0.3, 0.4) is 0 Å². The minimum absolute atomic E-state index is 0.407. The zero-order valence-electron chi connectivity index (χ0n) is 13.7. The van der Waals surface area contributed by atoms with Gasteiger partial charge in [0.1, 0.15) is 5.82 Å². The number of nitrogens with zero attached hydrogens (tertiary/aromatic N) is 3. The fraction of sp³-hybridized carbons (Fsp3) is 0.588. The van der Waals surface area contributed by atoms with E-state index in [1.807, 2.05) is 0 Å². The highest BCUT2D eigenvalue weighted by Crippen LogP contribution is 2.28. The van der Waals surface area contributed by atoms with Crippen molar-refractivity contribution in [1.29, 1.82) is 0 Å². The quantitative estimate of drug-likeness (QED) is 0.755. The summed E-state index contributed by atoms with van der Waals surface area (Å²) >= 11 is 5.99. The summed E-state index contributed by atoms with van der Waals surface area (Å²) in [6, 6.07) is 6.89. The lowest BCUT2D eigenvalue weighted by Gasteiger charge is -2.28. The van der Waals surface area contributed by atoms with E-state index < -0.39 is 0 Å². The summed E-state index contributed by atoms with van der Waals surface area (Å²) in [5, 5.41) is 0. The van der Waals surface area contributed by atoms with Crippen molar-refractivity contribution in [3.63, 3.8) is 0 Å². The number of aromatic nitrogens is 2. The Kier molecular flexibility index (Phi) is 5.28. The highest BCUT2D eigenvalue weighted by atomic mass is 35.5. The van der Waals surface area contributed by atoms with Gasteiger partial charge in [0.2, 0.25) is 0 Å². The third-order valence-electron chi connectivity index (χ3n) is 3.89. The molecule has 1 heterocycles. The Morgan fingerprint density at radius 1 is 1.29 bits per heavy atom. The molecule has 116 valence electrons. The zero-order valence-corrected chi connectivity index (χ0v) is 14.5. The van der Waals surface area contributed by atoms with Gasteiger partial charge >= 0.3 is 0 Å². The van der Waals surface area contributed by atoms with Crippen molar-refractivity contribution < 1.29 is 0 Å². The minimum Gasteiger partial charge on any atom is -0.323 e. The molecule has 0 N–H and O–H groups in total. The zero-order chi connectivity index (χ0) is 15.6. The fourth-order valence-electron chi connectivity index (χ4n) is 2.85. The monoisotopic (exact) mass is 307 g/mol. The number of imidazole rings is 1. The first kappa shape index (κ1) is 16.3. The number of rotatable bonds is 6. The number of aryl methyl sites for hydroxylation is 2. The van der Waals surface area contributed by atoms with Crippen molar-refractivity contribution in [3.05, 3.63) is 29.6 Å². The molecule has 1 aromatic heterocycles. The normalized spacial score (nSPS) is 13.5. The van der Waals surface area contributed by atoms with Crippen molar-refractivity contribution in [3.8, 4) is 0 Å². The molecule has 0 aliphatic heterocycles. The van der Waals surface area contributed by atoms with E-state index >= 15 is 0 Å². The second-order valence-corrected chi connectivity index (χ2v) is 6.78. The number of halogens is 1. The van der Waals surface area contributed by atoms with Gasteiger partial charge in [0.05, 0.1) is 17.1 Å². The summed E-state index contributed by atoms with van der Waals surface area (Å²) in [6.07, 6.45) is 0.811. The van der Waals surface area contributed by atoms with Gasteiger partial charge in [-0.05, 0) is 44.6 Å². The minimum atomic E-state index is 0.407. The van der Waals surface area contributed by atoms with Gasteiger partial charge in [0.15, 0.2) is 0 Å². The van der Waals surface area contributed by atoms with Crippen LogP contribution in [0.25, 0.3) is 11.0 Å². The van der Waals surface area contributed by atoms with Crippen LogP contribution in [-0.2, 0) is 6.42 Å². The van der Waals surface area contributed by atoms with Crippen LogP contribution in [-0.4, -0.2) is 41.0 Å². The molecule has 0 saturated carbocycles. The van der Waals surface area contributed by atoms with Crippen LogP contribution in [0.4, 0.5) is 0 Å². The van der Waals surface area contributed by atoms with Gasteiger partial charge in [-0.2, -0.15) is 0 Å². The molecule has 0 aliphatic rings. The second kappa shape index (κ2) is 6.80. The fourth-order valence-corrected chi connectivity index (χ4v) is 3.02. The highest BCUT2D eigenvalue weighted by Gasteiger charge is 2.22. The van der Waals surface area contributed by atoms with Crippen molar-refractivity contribution in [2.75, 3.05) is 26.5 Å². The van der Waals surface area contributed by atoms with E-state index in [4.69, 9.17) is 16.6 Å². The Morgan fingerprint density at radius 2 is 2.00 bits per heavy atom. The predicted molar refractivity (Wildman–Crippen MR) is 91.3 cm³/mol. The maximum absolute atomic E-state index is 5.99. The molecular formula is C17H26ClN3. The Morgan fingerprint density at radius 3 is 2.57 bits per heavy atom. The van der Waals surface area contributed by atoms with E-state index in [1.165, 1.54) is 11.1 Å². The molecule has 1 aromatic carbocycles. The first-order valence-corrected chi connectivity index (χ1v) is 8.15. The number of hydrogen-bond acceptors (Lipinski definition) is 2. The van der Waals surface area contributed by atoms with Crippen LogP contribution in [0.15, 0.2) is 18.2 Å². The molecule has 21 heavy (non-hydrogen) atoms. The van der Waals surface area contributed by atoms with E-state index in [9.17, 15) is 0 Å². The molecule has 1 unspecified atom stereocenters. The molecule has 2 rings (SSSR count). The first-order valence-electron chi connectivity index (χ1n) is 7.62. The summed E-state index contributed by atoms with van der Waals surface area (Å²) in [5.41, 5.74) is 3.58. The molecule has 2 aromatic rings. The van der Waals surface area contributed by atoms with E-state index in [1.54, 1.807) is 0 Å². The molecule has 0 spiro atoms. The summed E-state index contributed by atoms with van der Waals surface area (Å²) in [4.78, 5) is 7.06. The average molecular weight is 308 g/mol. The average Bonchev–Trinajstić information content (AvgIpc) is 2.73. The molecule has 3 nitrogen and oxygen atoms in total. The predicted octanol–water partition coefficient (Wildman–Crippen LogP) is 3.88. The third kappa shape index (κ3) is 3.58. The van der Waals surface area contributed by atoms with Crippen molar-refractivity contribution in [1.82, 2.24) is 14.5 Å². The summed E-state index contributed by atoms with van der Waals surface area (Å²) in [6.45, 7) is 7.70. The number of benzene rings is 1. The smallest absolute Gasteiger partial charge is 0.111 e. The SMILES string of the molecule is Cc1ccc2nc(CCCl)n(C(CN(C)C)C(C)C)c2c1. The van der Waals surface area contributed by atoms with Crippen LogP contribution < -0.4 is 0 Å².